The van der Waals surface area contributed by atoms with Crippen molar-refractivity contribution >= 4 is 0 Å². The molecule has 2 aliphatic carbocycles. The minimum atomic E-state index is -0.0565. The second kappa shape index (κ2) is 8.73. The van der Waals surface area contributed by atoms with Crippen LogP contribution in [0.4, 0.5) is 0 Å². The summed E-state index contributed by atoms with van der Waals surface area (Å²) < 4.78 is 12.6. The van der Waals surface area contributed by atoms with Gasteiger partial charge in [-0.05, 0) is 56.2 Å². The summed E-state index contributed by atoms with van der Waals surface area (Å²) in [5, 5.41) is 0. The molecule has 2 nitrogen and oxygen atoms in total. The lowest BCUT2D eigenvalue weighted by molar-refractivity contribution is -0.134. The highest BCUT2D eigenvalue weighted by Crippen LogP contribution is 2.31. The lowest BCUT2D eigenvalue weighted by atomic mass is 9.88. The van der Waals surface area contributed by atoms with Crippen molar-refractivity contribution in [3.05, 3.63) is 29.8 Å². The molecule has 0 radical (unpaired) electrons. The second-order valence-electron chi connectivity index (χ2n) is 7.54. The van der Waals surface area contributed by atoms with E-state index < -0.39 is 0 Å². The third-order valence-corrected chi connectivity index (χ3v) is 5.50. The maximum atomic E-state index is 6.34. The van der Waals surface area contributed by atoms with Gasteiger partial charge in [0.15, 0.2) is 0 Å². The highest BCUT2D eigenvalue weighted by molar-refractivity contribution is 5.27. The molecule has 3 rings (SSSR count). The van der Waals surface area contributed by atoms with E-state index >= 15 is 0 Å². The van der Waals surface area contributed by atoms with Crippen LogP contribution in [0.5, 0.6) is 5.75 Å². The van der Waals surface area contributed by atoms with Gasteiger partial charge in [-0.3, -0.25) is 0 Å². The lowest BCUT2D eigenvalue weighted by Crippen LogP contribution is -2.33. The Balaban J connectivity index is 1.60. The number of aryl methyl sites for hydroxylation is 1. The highest BCUT2D eigenvalue weighted by atomic mass is 16.7. The Morgan fingerprint density at radius 1 is 0.957 bits per heavy atom. The van der Waals surface area contributed by atoms with Crippen LogP contribution in [0.2, 0.25) is 0 Å². The van der Waals surface area contributed by atoms with Crippen LogP contribution < -0.4 is 4.74 Å². The van der Waals surface area contributed by atoms with E-state index in [-0.39, 0.29) is 6.29 Å². The molecule has 2 heteroatoms. The first-order valence-corrected chi connectivity index (χ1v) is 9.66. The molecule has 2 fully saturated rings. The van der Waals surface area contributed by atoms with Crippen molar-refractivity contribution in [2.75, 3.05) is 6.61 Å². The first-order valence-electron chi connectivity index (χ1n) is 9.66. The van der Waals surface area contributed by atoms with Crippen molar-refractivity contribution in [1.29, 1.82) is 0 Å². The van der Waals surface area contributed by atoms with Crippen LogP contribution in [-0.4, -0.2) is 12.9 Å². The topological polar surface area (TPSA) is 18.5 Å². The van der Waals surface area contributed by atoms with Gasteiger partial charge in [0.25, 0.3) is 0 Å². The van der Waals surface area contributed by atoms with Crippen LogP contribution in [0.3, 0.4) is 0 Å². The zero-order chi connectivity index (χ0) is 15.9. The maximum absolute atomic E-state index is 6.34. The molecule has 0 aromatic heterocycles. The summed E-state index contributed by atoms with van der Waals surface area (Å²) in [4.78, 5) is 0. The Bertz CT molecular complexity index is 459. The van der Waals surface area contributed by atoms with Crippen LogP contribution in [0.15, 0.2) is 24.3 Å². The molecule has 128 valence electrons. The van der Waals surface area contributed by atoms with Gasteiger partial charge < -0.3 is 9.47 Å². The van der Waals surface area contributed by atoms with Gasteiger partial charge in [-0.2, -0.15) is 0 Å². The molecule has 0 saturated heterocycles. The van der Waals surface area contributed by atoms with Gasteiger partial charge in [0.1, 0.15) is 5.75 Å². The fourth-order valence-electron chi connectivity index (χ4n) is 4.08. The smallest absolute Gasteiger partial charge is 0.202 e. The quantitative estimate of drug-likeness (QED) is 0.610. The van der Waals surface area contributed by atoms with Gasteiger partial charge in [0, 0.05) is 5.92 Å². The highest BCUT2D eigenvalue weighted by Gasteiger charge is 2.27. The number of benzene rings is 1. The number of ether oxygens (including phenoxy) is 2. The molecule has 1 aromatic rings. The molecular weight excluding hydrogens is 284 g/mol. The van der Waals surface area contributed by atoms with Gasteiger partial charge >= 0.3 is 0 Å². The van der Waals surface area contributed by atoms with E-state index in [0.717, 1.165) is 18.3 Å². The molecule has 2 saturated carbocycles. The van der Waals surface area contributed by atoms with Crippen LogP contribution in [-0.2, 0) is 4.74 Å². The number of rotatable bonds is 6. The molecule has 1 aromatic carbocycles. The first kappa shape index (κ1) is 16.8. The van der Waals surface area contributed by atoms with Crippen LogP contribution in [0.1, 0.15) is 69.8 Å². The average molecular weight is 316 g/mol. The Hall–Kier alpha value is -1.02. The van der Waals surface area contributed by atoms with E-state index in [1.54, 1.807) is 0 Å². The van der Waals surface area contributed by atoms with E-state index in [1.807, 2.05) is 0 Å². The second-order valence-corrected chi connectivity index (χ2v) is 7.54. The van der Waals surface area contributed by atoms with Crippen molar-refractivity contribution in [2.45, 2.75) is 77.4 Å². The van der Waals surface area contributed by atoms with Crippen LogP contribution >= 0.6 is 0 Å². The fourth-order valence-corrected chi connectivity index (χ4v) is 4.08. The summed E-state index contributed by atoms with van der Waals surface area (Å²) in [5.74, 6) is 2.27. The lowest BCUT2D eigenvalue weighted by Gasteiger charge is -2.32. The largest absolute Gasteiger partial charge is 0.465 e. The Labute approximate surface area is 141 Å². The van der Waals surface area contributed by atoms with Gasteiger partial charge in [0.2, 0.25) is 6.29 Å². The van der Waals surface area contributed by atoms with Gasteiger partial charge in [-0.25, -0.2) is 0 Å². The van der Waals surface area contributed by atoms with Crippen molar-refractivity contribution in [3.8, 4) is 5.75 Å². The van der Waals surface area contributed by atoms with E-state index in [1.165, 1.54) is 69.8 Å². The normalized spacial score (nSPS) is 22.0. The minimum absolute atomic E-state index is 0.0565. The molecule has 1 unspecified atom stereocenters. The molecule has 1 atom stereocenters. The third-order valence-electron chi connectivity index (χ3n) is 5.50. The number of hydrogen-bond acceptors (Lipinski definition) is 2. The minimum Gasteiger partial charge on any atom is -0.465 e. The maximum Gasteiger partial charge on any atom is 0.202 e. The zero-order valence-corrected chi connectivity index (χ0v) is 14.6. The molecule has 0 amide bonds. The summed E-state index contributed by atoms with van der Waals surface area (Å²) in [5.41, 5.74) is 1.25. The molecule has 2 aliphatic rings. The molecule has 0 bridgehead atoms. The van der Waals surface area contributed by atoms with Crippen LogP contribution in [0.25, 0.3) is 0 Å². The van der Waals surface area contributed by atoms with E-state index in [2.05, 4.69) is 31.2 Å². The van der Waals surface area contributed by atoms with Crippen LogP contribution in [0, 0.1) is 18.8 Å². The Kier molecular flexibility index (Phi) is 6.38. The summed E-state index contributed by atoms with van der Waals surface area (Å²) in [6.07, 6.45) is 13.3. The van der Waals surface area contributed by atoms with Crippen molar-refractivity contribution < 1.29 is 9.47 Å². The van der Waals surface area contributed by atoms with Crippen molar-refractivity contribution in [2.24, 2.45) is 11.8 Å². The molecule has 23 heavy (non-hydrogen) atoms. The molecule has 0 heterocycles. The van der Waals surface area contributed by atoms with E-state index in [0.29, 0.717) is 5.92 Å². The monoisotopic (exact) mass is 316 g/mol. The van der Waals surface area contributed by atoms with Gasteiger partial charge in [-0.1, -0.05) is 50.7 Å². The molecule has 0 spiro atoms. The SMILES string of the molecule is Cc1cccc(OC(OCC2CCCCC2)C2CCCCC2)c1. The standard InChI is InChI=1S/C21H32O2/c1-17-9-8-14-20(15-17)23-21(19-12-6-3-7-13-19)22-16-18-10-4-2-5-11-18/h8-9,14-15,18-19,21H,2-7,10-13,16H2,1H3. The summed E-state index contributed by atoms with van der Waals surface area (Å²) in [6, 6.07) is 8.38. The first-order chi connectivity index (χ1) is 11.3. The van der Waals surface area contributed by atoms with Gasteiger partial charge in [0.05, 0.1) is 6.61 Å². The average Bonchev–Trinajstić information content (AvgIpc) is 2.60. The Morgan fingerprint density at radius 3 is 2.35 bits per heavy atom. The third kappa shape index (κ3) is 5.24. The summed E-state index contributed by atoms with van der Waals surface area (Å²) >= 11 is 0. The van der Waals surface area contributed by atoms with Crippen molar-refractivity contribution in [3.63, 3.8) is 0 Å². The zero-order valence-electron chi connectivity index (χ0n) is 14.6. The predicted molar refractivity (Wildman–Crippen MR) is 94.7 cm³/mol. The van der Waals surface area contributed by atoms with Gasteiger partial charge in [-0.15, -0.1) is 0 Å². The Morgan fingerprint density at radius 2 is 1.65 bits per heavy atom. The molecule has 0 N–H and O–H groups in total. The molecule has 0 aliphatic heterocycles. The van der Waals surface area contributed by atoms with E-state index in [4.69, 9.17) is 9.47 Å². The van der Waals surface area contributed by atoms with E-state index in [9.17, 15) is 0 Å². The fraction of sp³-hybridized carbons (Fsp3) is 0.714. The summed E-state index contributed by atoms with van der Waals surface area (Å²) in [7, 11) is 0. The molecular formula is C21H32O2. The summed E-state index contributed by atoms with van der Waals surface area (Å²) in [6.45, 7) is 3.00. The predicted octanol–water partition coefficient (Wildman–Crippen LogP) is 5.88. The number of hydrogen-bond donors (Lipinski definition) is 0. The van der Waals surface area contributed by atoms with Crippen molar-refractivity contribution in [1.82, 2.24) is 0 Å².